The second-order valence-electron chi connectivity index (χ2n) is 6.58. The predicted octanol–water partition coefficient (Wildman–Crippen LogP) is 2.00. The fourth-order valence-corrected chi connectivity index (χ4v) is 3.14. The Morgan fingerprint density at radius 2 is 1.83 bits per heavy atom. The number of ketones is 1. The molecule has 1 fully saturated rings. The highest BCUT2D eigenvalue weighted by molar-refractivity contribution is 6.10. The number of carboxylic acids is 1. The molecule has 23 heavy (non-hydrogen) atoms. The minimum atomic E-state index is -1.92. The van der Waals surface area contributed by atoms with Gasteiger partial charge in [0.15, 0.2) is 11.3 Å². The van der Waals surface area contributed by atoms with E-state index in [-0.39, 0.29) is 18.2 Å². The molecule has 0 radical (unpaired) electrons. The van der Waals surface area contributed by atoms with Crippen molar-refractivity contribution < 1.29 is 19.5 Å². The Kier molecular flexibility index (Phi) is 7.68. The minimum Gasteiger partial charge on any atom is -0.480 e. The Labute approximate surface area is 138 Å². The summed E-state index contributed by atoms with van der Waals surface area (Å²) >= 11 is 0. The first-order chi connectivity index (χ1) is 10.9. The first-order valence-corrected chi connectivity index (χ1v) is 8.73. The summed E-state index contributed by atoms with van der Waals surface area (Å²) in [6.45, 7) is 3.81. The van der Waals surface area contributed by atoms with Gasteiger partial charge in [-0.15, -0.1) is 0 Å². The van der Waals surface area contributed by atoms with Crippen LogP contribution in [0.4, 0.5) is 0 Å². The number of Topliss-reactive ketones (excluding diaryl/α,β-unsaturated/α-hetero) is 1. The first kappa shape index (κ1) is 19.6. The van der Waals surface area contributed by atoms with E-state index >= 15 is 0 Å². The topological polar surface area (TPSA) is 109 Å². The molecular weight excluding hydrogens is 296 g/mol. The number of unbranched alkanes of at least 4 members (excludes halogenated alkanes) is 1. The number of nitrogens with two attached hydrogens (primary N) is 1. The zero-order valence-corrected chi connectivity index (χ0v) is 14.3. The third-order valence-electron chi connectivity index (χ3n) is 4.68. The zero-order chi connectivity index (χ0) is 17.5. The van der Waals surface area contributed by atoms with E-state index in [1.807, 2.05) is 13.8 Å². The van der Waals surface area contributed by atoms with Crippen molar-refractivity contribution in [3.63, 3.8) is 0 Å². The lowest BCUT2D eigenvalue weighted by Crippen LogP contribution is -2.61. The molecule has 0 aromatic heterocycles. The molecule has 2 unspecified atom stereocenters. The number of hydrogen-bond acceptors (Lipinski definition) is 4. The Morgan fingerprint density at radius 3 is 2.30 bits per heavy atom. The molecule has 2 atom stereocenters. The summed E-state index contributed by atoms with van der Waals surface area (Å²) in [6, 6.07) is -0.814. The molecule has 6 heteroatoms. The summed E-state index contributed by atoms with van der Waals surface area (Å²) in [5.41, 5.74) is 4.01. The molecule has 1 saturated carbocycles. The standard InChI is InChI=1S/C17H30N2O4/c1-3-5-11-17(18,16(22)23)14(20)13(8-4-2)19-15(21)12-9-6-7-10-12/h12-13H,3-11,18H2,1-2H3,(H,19,21)(H,22,23). The van der Waals surface area contributed by atoms with Crippen LogP contribution < -0.4 is 11.1 Å². The van der Waals surface area contributed by atoms with Gasteiger partial charge in [0.2, 0.25) is 5.91 Å². The first-order valence-electron chi connectivity index (χ1n) is 8.73. The lowest BCUT2D eigenvalue weighted by atomic mass is 9.84. The summed E-state index contributed by atoms with van der Waals surface area (Å²) in [5, 5.41) is 12.2. The molecule has 0 bridgehead atoms. The highest BCUT2D eigenvalue weighted by Crippen LogP contribution is 2.25. The minimum absolute atomic E-state index is 0.0604. The van der Waals surface area contributed by atoms with E-state index in [0.29, 0.717) is 19.3 Å². The van der Waals surface area contributed by atoms with Crippen LogP contribution in [-0.4, -0.2) is 34.3 Å². The second-order valence-corrected chi connectivity index (χ2v) is 6.58. The number of carboxylic acid groups (broad SMARTS) is 1. The van der Waals surface area contributed by atoms with Gasteiger partial charge in [0, 0.05) is 5.92 Å². The van der Waals surface area contributed by atoms with E-state index in [1.165, 1.54) is 0 Å². The van der Waals surface area contributed by atoms with Crippen molar-refractivity contribution >= 4 is 17.7 Å². The van der Waals surface area contributed by atoms with E-state index in [1.54, 1.807) is 0 Å². The Hall–Kier alpha value is -1.43. The summed E-state index contributed by atoms with van der Waals surface area (Å²) in [4.78, 5) is 36.6. The van der Waals surface area contributed by atoms with Crippen LogP contribution >= 0.6 is 0 Å². The fraction of sp³-hybridized carbons (Fsp3) is 0.824. The Balaban J connectivity index is 2.85. The van der Waals surface area contributed by atoms with Crippen LogP contribution in [0, 0.1) is 5.92 Å². The van der Waals surface area contributed by atoms with Crippen molar-refractivity contribution in [1.82, 2.24) is 5.32 Å². The molecule has 0 aromatic rings. The van der Waals surface area contributed by atoms with E-state index in [0.717, 1.165) is 32.1 Å². The molecule has 0 aromatic carbocycles. The average molecular weight is 326 g/mol. The lowest BCUT2D eigenvalue weighted by molar-refractivity contribution is -0.150. The number of rotatable bonds is 10. The van der Waals surface area contributed by atoms with Crippen LogP contribution in [0.1, 0.15) is 71.6 Å². The normalized spacial score (nSPS) is 19.1. The quantitative estimate of drug-likeness (QED) is 0.532. The van der Waals surface area contributed by atoms with Crippen LogP contribution in [-0.2, 0) is 14.4 Å². The molecule has 0 saturated heterocycles. The summed E-state index contributed by atoms with van der Waals surface area (Å²) < 4.78 is 0. The number of hydrogen-bond donors (Lipinski definition) is 3. The highest BCUT2D eigenvalue weighted by Gasteiger charge is 2.45. The molecule has 0 spiro atoms. The maximum Gasteiger partial charge on any atom is 0.331 e. The number of nitrogens with one attached hydrogen (secondary N) is 1. The molecule has 0 heterocycles. The Morgan fingerprint density at radius 1 is 1.22 bits per heavy atom. The fourth-order valence-electron chi connectivity index (χ4n) is 3.14. The van der Waals surface area contributed by atoms with Crippen molar-refractivity contribution in [2.75, 3.05) is 0 Å². The summed E-state index contributed by atoms with van der Waals surface area (Å²) in [6.07, 6.45) is 6.21. The van der Waals surface area contributed by atoms with Gasteiger partial charge in [-0.1, -0.05) is 46.0 Å². The van der Waals surface area contributed by atoms with Crippen molar-refractivity contribution in [2.24, 2.45) is 11.7 Å². The van der Waals surface area contributed by atoms with Crippen molar-refractivity contribution in [1.29, 1.82) is 0 Å². The zero-order valence-electron chi connectivity index (χ0n) is 14.3. The third kappa shape index (κ3) is 5.03. The van der Waals surface area contributed by atoms with Crippen LogP contribution in [0.15, 0.2) is 0 Å². The second kappa shape index (κ2) is 9.01. The maximum absolute atomic E-state index is 12.7. The van der Waals surface area contributed by atoms with Gasteiger partial charge in [0.25, 0.3) is 0 Å². The molecule has 1 aliphatic rings. The predicted molar refractivity (Wildman–Crippen MR) is 87.9 cm³/mol. The molecule has 0 aliphatic heterocycles. The van der Waals surface area contributed by atoms with Crippen molar-refractivity contribution in [2.45, 2.75) is 83.2 Å². The number of carbonyl (C=O) groups excluding carboxylic acids is 2. The molecule has 4 N–H and O–H groups in total. The van der Waals surface area contributed by atoms with Gasteiger partial charge in [-0.05, 0) is 25.7 Å². The van der Waals surface area contributed by atoms with Gasteiger partial charge in [-0.2, -0.15) is 0 Å². The van der Waals surface area contributed by atoms with Crippen LogP contribution in [0.3, 0.4) is 0 Å². The van der Waals surface area contributed by atoms with E-state index < -0.39 is 23.3 Å². The van der Waals surface area contributed by atoms with Crippen LogP contribution in [0.5, 0.6) is 0 Å². The van der Waals surface area contributed by atoms with Gasteiger partial charge >= 0.3 is 5.97 Å². The molecule has 1 aliphatic carbocycles. The molecular formula is C17H30N2O4. The average Bonchev–Trinajstić information content (AvgIpc) is 3.05. The monoisotopic (exact) mass is 326 g/mol. The van der Waals surface area contributed by atoms with Crippen molar-refractivity contribution in [3.05, 3.63) is 0 Å². The third-order valence-corrected chi connectivity index (χ3v) is 4.68. The number of aliphatic carboxylic acids is 1. The molecule has 1 amide bonds. The van der Waals surface area contributed by atoms with E-state index in [2.05, 4.69) is 5.32 Å². The highest BCUT2D eigenvalue weighted by atomic mass is 16.4. The van der Waals surface area contributed by atoms with Gasteiger partial charge in [0.05, 0.1) is 6.04 Å². The maximum atomic E-state index is 12.7. The van der Waals surface area contributed by atoms with Crippen LogP contribution in [0.25, 0.3) is 0 Å². The van der Waals surface area contributed by atoms with E-state index in [9.17, 15) is 19.5 Å². The summed E-state index contributed by atoms with van der Waals surface area (Å²) in [7, 11) is 0. The summed E-state index contributed by atoms with van der Waals surface area (Å²) in [5.74, 6) is -2.09. The van der Waals surface area contributed by atoms with Crippen LogP contribution in [0.2, 0.25) is 0 Å². The Bertz CT molecular complexity index is 432. The molecule has 132 valence electrons. The smallest absolute Gasteiger partial charge is 0.331 e. The van der Waals surface area contributed by atoms with Gasteiger partial charge in [-0.25, -0.2) is 4.79 Å². The van der Waals surface area contributed by atoms with Gasteiger partial charge in [0.1, 0.15) is 0 Å². The molecule has 6 nitrogen and oxygen atoms in total. The largest absolute Gasteiger partial charge is 0.480 e. The van der Waals surface area contributed by atoms with Gasteiger partial charge < -0.3 is 16.2 Å². The molecule has 1 rings (SSSR count). The van der Waals surface area contributed by atoms with Crippen molar-refractivity contribution in [3.8, 4) is 0 Å². The number of carbonyl (C=O) groups is 3. The van der Waals surface area contributed by atoms with Gasteiger partial charge in [-0.3, -0.25) is 9.59 Å². The SMILES string of the molecule is CCCCC(N)(C(=O)O)C(=O)C(CCC)NC(=O)C1CCCC1. The number of amides is 1. The lowest BCUT2D eigenvalue weighted by Gasteiger charge is -2.29. The van der Waals surface area contributed by atoms with E-state index in [4.69, 9.17) is 5.73 Å².